The van der Waals surface area contributed by atoms with Crippen LogP contribution in [0.4, 0.5) is 13.2 Å². The van der Waals surface area contributed by atoms with Crippen LogP contribution in [0.2, 0.25) is 0 Å². The molecule has 0 aliphatic rings. The van der Waals surface area contributed by atoms with Gasteiger partial charge >= 0.3 is 5.51 Å². The lowest BCUT2D eigenvalue weighted by Gasteiger charge is -2.13. The van der Waals surface area contributed by atoms with E-state index in [0.717, 1.165) is 18.6 Å². The molecule has 0 unspecified atom stereocenters. The smallest absolute Gasteiger partial charge is 0.496 e. The Morgan fingerprint density at radius 1 is 0.794 bits per heavy atom. The van der Waals surface area contributed by atoms with Gasteiger partial charge in [-0.25, -0.2) is 16.8 Å². The number of rotatable bonds is 10. The second-order valence-electron chi connectivity index (χ2n) is 6.91. The van der Waals surface area contributed by atoms with Crippen molar-refractivity contribution in [2.45, 2.75) is 17.0 Å². The summed E-state index contributed by atoms with van der Waals surface area (Å²) >= 11 is 0. The van der Waals surface area contributed by atoms with Crippen molar-refractivity contribution in [1.29, 1.82) is 0 Å². The minimum atomic E-state index is -5.49. The molecule has 0 aliphatic carbocycles. The highest BCUT2D eigenvalue weighted by Gasteiger charge is 2.45. The Morgan fingerprint density at radius 3 is 1.82 bits per heavy atom. The monoisotopic (exact) mass is 524 g/mol. The van der Waals surface area contributed by atoms with E-state index in [1.54, 1.807) is 0 Å². The van der Waals surface area contributed by atoms with Gasteiger partial charge in [0.05, 0.1) is 45.5 Å². The number of alkyl halides is 3. The van der Waals surface area contributed by atoms with Crippen molar-refractivity contribution >= 4 is 25.8 Å². The average molecular weight is 525 g/mol. The largest absolute Gasteiger partial charge is 0.497 e. The van der Waals surface area contributed by atoms with E-state index in [1.807, 2.05) is 0 Å². The quantitative estimate of drug-likeness (QED) is 0.463. The van der Waals surface area contributed by atoms with Crippen LogP contribution in [0.5, 0.6) is 23.0 Å². The standard InChI is InChI=1S/C21H23F3O8S2/c1-29-16-10-19(31-3)17(20(11-16)32-4)7-8-33(25,26)12-14-5-6-18(30-2)15(9-14)13-34(27,28)21(22,23)24/h5-11H,12-13H2,1-4H3/b8-7+. The molecule has 0 heterocycles. The maximum atomic E-state index is 12.8. The number of hydrogen-bond donors (Lipinski definition) is 0. The van der Waals surface area contributed by atoms with E-state index in [0.29, 0.717) is 11.3 Å². The predicted octanol–water partition coefficient (Wildman–Crippen LogP) is 3.74. The molecule has 0 spiro atoms. The molecule has 0 radical (unpaired) electrons. The van der Waals surface area contributed by atoms with Gasteiger partial charge in [-0.2, -0.15) is 13.2 Å². The minimum Gasteiger partial charge on any atom is -0.496 e. The molecule has 2 rings (SSSR count). The lowest BCUT2D eigenvalue weighted by atomic mass is 10.1. The first-order valence-corrected chi connectivity index (χ1v) is 12.8. The fourth-order valence-electron chi connectivity index (χ4n) is 2.97. The van der Waals surface area contributed by atoms with Crippen LogP contribution in [-0.2, 0) is 31.2 Å². The van der Waals surface area contributed by atoms with Gasteiger partial charge in [0.1, 0.15) is 23.0 Å². The number of halogens is 3. The van der Waals surface area contributed by atoms with Crippen molar-refractivity contribution in [1.82, 2.24) is 0 Å². The van der Waals surface area contributed by atoms with Crippen molar-refractivity contribution in [3.05, 3.63) is 52.4 Å². The Morgan fingerprint density at radius 2 is 1.35 bits per heavy atom. The van der Waals surface area contributed by atoms with E-state index < -0.39 is 36.7 Å². The third-order valence-electron chi connectivity index (χ3n) is 4.61. The first-order chi connectivity index (χ1) is 15.8. The second kappa shape index (κ2) is 10.6. The fraction of sp³-hybridized carbons (Fsp3) is 0.333. The number of sulfone groups is 2. The van der Waals surface area contributed by atoms with Gasteiger partial charge in [0.2, 0.25) is 0 Å². The first kappa shape index (κ1) is 27.3. The van der Waals surface area contributed by atoms with E-state index in [9.17, 15) is 30.0 Å². The van der Waals surface area contributed by atoms with Gasteiger partial charge < -0.3 is 18.9 Å². The van der Waals surface area contributed by atoms with Gasteiger partial charge in [-0.3, -0.25) is 0 Å². The van der Waals surface area contributed by atoms with Crippen molar-refractivity contribution in [2.75, 3.05) is 28.4 Å². The predicted molar refractivity (Wildman–Crippen MR) is 119 cm³/mol. The molecule has 2 aromatic carbocycles. The lowest BCUT2D eigenvalue weighted by Crippen LogP contribution is -2.25. The molecule has 0 saturated heterocycles. The molecule has 188 valence electrons. The van der Waals surface area contributed by atoms with Crippen molar-refractivity contribution < 1.29 is 49.0 Å². The van der Waals surface area contributed by atoms with Crippen LogP contribution in [0.3, 0.4) is 0 Å². The van der Waals surface area contributed by atoms with Crippen molar-refractivity contribution in [3.8, 4) is 23.0 Å². The van der Waals surface area contributed by atoms with E-state index in [-0.39, 0.29) is 28.4 Å². The third-order valence-corrected chi connectivity index (χ3v) is 7.29. The Bertz CT molecular complexity index is 1240. The Labute approximate surface area is 195 Å². The number of ether oxygens (including phenoxy) is 4. The zero-order chi connectivity index (χ0) is 25.7. The molecule has 0 saturated carbocycles. The second-order valence-corrected chi connectivity index (χ2v) is 10.8. The van der Waals surface area contributed by atoms with E-state index >= 15 is 0 Å². The molecule has 34 heavy (non-hydrogen) atoms. The third kappa shape index (κ3) is 6.56. The summed E-state index contributed by atoms with van der Waals surface area (Å²) in [5, 5.41) is 0.899. The SMILES string of the molecule is COc1cc(OC)c(/C=C/S(=O)(=O)Cc2ccc(OC)c(CS(=O)(=O)C(F)(F)F)c2)c(OC)c1. The molecule has 0 aliphatic heterocycles. The maximum absolute atomic E-state index is 12.8. The summed E-state index contributed by atoms with van der Waals surface area (Å²) < 4.78 is 107. The van der Waals surface area contributed by atoms with E-state index in [4.69, 9.17) is 18.9 Å². The molecule has 0 fully saturated rings. The van der Waals surface area contributed by atoms with Crippen LogP contribution in [0.1, 0.15) is 16.7 Å². The molecule has 0 amide bonds. The zero-order valence-corrected chi connectivity index (χ0v) is 20.3. The molecule has 0 aromatic heterocycles. The number of hydrogen-bond acceptors (Lipinski definition) is 8. The summed E-state index contributed by atoms with van der Waals surface area (Å²) in [6.45, 7) is 0. The molecule has 2 aromatic rings. The summed E-state index contributed by atoms with van der Waals surface area (Å²) in [5.74, 6) is -1.11. The summed E-state index contributed by atoms with van der Waals surface area (Å²) in [5.41, 5.74) is -5.37. The highest BCUT2D eigenvalue weighted by Crippen LogP contribution is 2.35. The summed E-state index contributed by atoms with van der Waals surface area (Å²) in [6, 6.07) is 6.66. The van der Waals surface area contributed by atoms with Crippen molar-refractivity contribution in [2.24, 2.45) is 0 Å². The van der Waals surface area contributed by atoms with Gasteiger partial charge in [-0.05, 0) is 17.7 Å². The highest BCUT2D eigenvalue weighted by molar-refractivity contribution is 7.93. The molecule has 0 bridgehead atoms. The lowest BCUT2D eigenvalue weighted by molar-refractivity contribution is -0.0437. The zero-order valence-electron chi connectivity index (χ0n) is 18.7. The summed E-state index contributed by atoms with van der Waals surface area (Å²) in [6.07, 6.45) is 1.25. The molecule has 0 atom stereocenters. The Hall–Kier alpha value is -2.93. The van der Waals surface area contributed by atoms with Crippen LogP contribution in [0.25, 0.3) is 6.08 Å². The van der Waals surface area contributed by atoms with Crippen LogP contribution >= 0.6 is 0 Å². The molecular formula is C21H23F3O8S2. The molecule has 13 heteroatoms. The van der Waals surface area contributed by atoms with Gasteiger partial charge in [0, 0.05) is 23.1 Å². The maximum Gasteiger partial charge on any atom is 0.497 e. The van der Waals surface area contributed by atoms with Gasteiger partial charge in [0.15, 0.2) is 9.84 Å². The van der Waals surface area contributed by atoms with Gasteiger partial charge in [-0.1, -0.05) is 12.1 Å². The first-order valence-electron chi connectivity index (χ1n) is 9.42. The topological polar surface area (TPSA) is 105 Å². The summed E-state index contributed by atoms with van der Waals surface area (Å²) in [7, 11) is -4.07. The fourth-order valence-corrected chi connectivity index (χ4v) is 4.85. The van der Waals surface area contributed by atoms with Crippen molar-refractivity contribution in [3.63, 3.8) is 0 Å². The Kier molecular flexibility index (Phi) is 8.48. The van der Waals surface area contributed by atoms with Crippen LogP contribution < -0.4 is 18.9 Å². The van der Waals surface area contributed by atoms with E-state index in [1.165, 1.54) is 51.7 Å². The minimum absolute atomic E-state index is 0.0754. The average Bonchev–Trinajstić information content (AvgIpc) is 2.76. The number of benzene rings is 2. The molecule has 0 N–H and O–H groups in total. The van der Waals surface area contributed by atoms with E-state index in [2.05, 4.69) is 0 Å². The van der Waals surface area contributed by atoms with Gasteiger partial charge in [0.25, 0.3) is 9.84 Å². The normalized spacial score (nSPS) is 12.6. The molecular weight excluding hydrogens is 501 g/mol. The number of methoxy groups -OCH3 is 4. The van der Waals surface area contributed by atoms with Crippen LogP contribution in [0, 0.1) is 0 Å². The summed E-state index contributed by atoms with van der Waals surface area (Å²) in [4.78, 5) is 0. The highest BCUT2D eigenvalue weighted by atomic mass is 32.2. The Balaban J connectivity index is 2.38. The van der Waals surface area contributed by atoms with Crippen LogP contribution in [0.15, 0.2) is 35.7 Å². The van der Waals surface area contributed by atoms with Crippen LogP contribution in [-0.4, -0.2) is 50.8 Å². The van der Waals surface area contributed by atoms with Gasteiger partial charge in [-0.15, -0.1) is 0 Å². The molecule has 8 nitrogen and oxygen atoms in total.